The zero-order valence-electron chi connectivity index (χ0n) is 6.79. The van der Waals surface area contributed by atoms with Crippen molar-refractivity contribution in [3.8, 4) is 0 Å². The van der Waals surface area contributed by atoms with Gasteiger partial charge in [0.2, 0.25) is 0 Å². The molecule has 64 valence electrons. The van der Waals surface area contributed by atoms with E-state index >= 15 is 0 Å². The summed E-state index contributed by atoms with van der Waals surface area (Å²) in [6.07, 6.45) is 1.71. The molecule has 3 nitrogen and oxygen atoms in total. The molecule has 13 heavy (non-hydrogen) atoms. The fourth-order valence-corrected chi connectivity index (χ4v) is 1.29. The Morgan fingerprint density at radius 2 is 2.08 bits per heavy atom. The number of rotatable bonds is 2. The van der Waals surface area contributed by atoms with Crippen LogP contribution in [-0.2, 0) is 0 Å². The van der Waals surface area contributed by atoms with Crippen LogP contribution in [0.15, 0.2) is 40.7 Å². The molecule has 0 aliphatic rings. The summed E-state index contributed by atoms with van der Waals surface area (Å²) >= 11 is 1.32. The van der Waals surface area contributed by atoms with Crippen molar-refractivity contribution in [2.75, 3.05) is 0 Å². The zero-order valence-corrected chi connectivity index (χ0v) is 7.61. The highest BCUT2D eigenvalue weighted by Gasteiger charge is 1.89. The monoisotopic (exact) mass is 189 g/mol. The van der Waals surface area contributed by atoms with Crippen molar-refractivity contribution < 1.29 is 0 Å². The van der Waals surface area contributed by atoms with Gasteiger partial charge in [0.1, 0.15) is 5.69 Å². The van der Waals surface area contributed by atoms with Gasteiger partial charge >= 0.3 is 0 Å². The Hall–Kier alpha value is -1.55. The third-order valence-electron chi connectivity index (χ3n) is 1.48. The Morgan fingerprint density at radius 1 is 1.23 bits per heavy atom. The molecule has 2 rings (SSSR count). The lowest BCUT2D eigenvalue weighted by atomic mass is 10.3. The molecule has 0 saturated heterocycles. The van der Waals surface area contributed by atoms with Gasteiger partial charge in [-0.1, -0.05) is 22.7 Å². The summed E-state index contributed by atoms with van der Waals surface area (Å²) < 4.78 is 3.73. The van der Waals surface area contributed by atoms with Gasteiger partial charge in [-0.2, -0.15) is 0 Å². The largest absolute Gasteiger partial charge is 0.255 e. The highest BCUT2D eigenvalue weighted by atomic mass is 32.1. The molecular weight excluding hydrogens is 182 g/mol. The van der Waals surface area contributed by atoms with Gasteiger partial charge in [-0.05, 0) is 23.7 Å². The quantitative estimate of drug-likeness (QED) is 0.680. The molecule has 0 atom stereocenters. The normalized spacial score (nSPS) is 10.8. The Bertz CT molecular complexity index is 381. The molecule has 0 spiro atoms. The van der Waals surface area contributed by atoms with Crippen LogP contribution in [0.4, 0.5) is 5.69 Å². The maximum atomic E-state index is 4.23. The first-order valence-corrected chi connectivity index (χ1v) is 4.65. The molecule has 0 bridgehead atoms. The van der Waals surface area contributed by atoms with Crippen molar-refractivity contribution in [2.24, 2.45) is 4.99 Å². The molecule has 0 aliphatic heterocycles. The average molecular weight is 189 g/mol. The Balaban J connectivity index is 2.15. The molecule has 1 heterocycles. The predicted octanol–water partition coefficient (Wildman–Crippen LogP) is 2.29. The highest BCUT2D eigenvalue weighted by molar-refractivity contribution is 7.03. The minimum atomic E-state index is 0.800. The lowest BCUT2D eigenvalue weighted by Gasteiger charge is -1.88. The van der Waals surface area contributed by atoms with Crippen LogP contribution >= 0.6 is 11.5 Å². The van der Waals surface area contributed by atoms with Crippen LogP contribution in [0, 0.1) is 0 Å². The minimum absolute atomic E-state index is 0.800. The summed E-state index contributed by atoms with van der Waals surface area (Å²) in [7, 11) is 0. The second kappa shape index (κ2) is 3.91. The smallest absolute Gasteiger partial charge is 0.116 e. The fraction of sp³-hybridized carbons (Fsp3) is 0. The molecule has 0 unspecified atom stereocenters. The number of benzene rings is 1. The second-order valence-electron chi connectivity index (χ2n) is 2.42. The van der Waals surface area contributed by atoms with Gasteiger partial charge in [0.05, 0.1) is 11.9 Å². The molecule has 0 amide bonds. The van der Waals surface area contributed by atoms with E-state index in [1.807, 2.05) is 35.7 Å². The summed E-state index contributed by atoms with van der Waals surface area (Å²) in [4.78, 5) is 4.23. The first kappa shape index (κ1) is 8.07. The minimum Gasteiger partial charge on any atom is -0.255 e. The second-order valence-corrected chi connectivity index (χ2v) is 3.03. The van der Waals surface area contributed by atoms with Crippen LogP contribution in [0.2, 0.25) is 0 Å². The highest BCUT2D eigenvalue weighted by Crippen LogP contribution is 2.09. The van der Waals surface area contributed by atoms with Crippen molar-refractivity contribution in [3.05, 3.63) is 41.4 Å². The topological polar surface area (TPSA) is 38.1 Å². The van der Waals surface area contributed by atoms with Crippen LogP contribution in [0.3, 0.4) is 0 Å². The van der Waals surface area contributed by atoms with Crippen LogP contribution < -0.4 is 0 Å². The third-order valence-corrected chi connectivity index (χ3v) is 2.00. The molecule has 4 heteroatoms. The molecule has 0 aliphatic carbocycles. The zero-order chi connectivity index (χ0) is 8.93. The molecule has 0 saturated carbocycles. The van der Waals surface area contributed by atoms with Crippen molar-refractivity contribution in [1.29, 1.82) is 0 Å². The van der Waals surface area contributed by atoms with Gasteiger partial charge < -0.3 is 0 Å². The third kappa shape index (κ3) is 2.19. The number of hydrogen-bond donors (Lipinski definition) is 0. The van der Waals surface area contributed by atoms with Crippen molar-refractivity contribution >= 4 is 23.4 Å². The summed E-state index contributed by atoms with van der Waals surface area (Å²) in [6.45, 7) is 0. The molecule has 1 aromatic heterocycles. The van der Waals surface area contributed by atoms with Crippen molar-refractivity contribution in [1.82, 2.24) is 9.59 Å². The molecule has 0 radical (unpaired) electrons. The Morgan fingerprint density at radius 3 is 2.77 bits per heavy atom. The number of aromatic nitrogens is 2. The number of hydrogen-bond acceptors (Lipinski definition) is 4. The van der Waals surface area contributed by atoms with Crippen LogP contribution in [0.5, 0.6) is 0 Å². The fourth-order valence-electron chi connectivity index (χ4n) is 0.883. The van der Waals surface area contributed by atoms with Crippen LogP contribution in [0.25, 0.3) is 0 Å². The SMILES string of the molecule is C(=Nc1ccccc1)c1csnn1. The van der Waals surface area contributed by atoms with E-state index in [0.29, 0.717) is 0 Å². The number of nitrogens with zero attached hydrogens (tertiary/aromatic N) is 3. The van der Waals surface area contributed by atoms with Gasteiger partial charge in [0.25, 0.3) is 0 Å². The number of para-hydroxylation sites is 1. The van der Waals surface area contributed by atoms with E-state index in [2.05, 4.69) is 14.6 Å². The lowest BCUT2D eigenvalue weighted by molar-refractivity contribution is 1.14. The van der Waals surface area contributed by atoms with E-state index in [1.165, 1.54) is 11.5 Å². The molecule has 1 aromatic carbocycles. The van der Waals surface area contributed by atoms with Gasteiger partial charge in [-0.25, -0.2) is 0 Å². The lowest BCUT2D eigenvalue weighted by Crippen LogP contribution is -1.78. The van der Waals surface area contributed by atoms with Gasteiger partial charge in [0.15, 0.2) is 0 Å². The maximum absolute atomic E-state index is 4.23. The van der Waals surface area contributed by atoms with Crippen LogP contribution in [-0.4, -0.2) is 15.8 Å². The van der Waals surface area contributed by atoms with Gasteiger partial charge in [-0.3, -0.25) is 4.99 Å². The maximum Gasteiger partial charge on any atom is 0.116 e. The van der Waals surface area contributed by atoms with Crippen LogP contribution in [0.1, 0.15) is 5.69 Å². The average Bonchev–Trinajstić information content (AvgIpc) is 2.69. The Labute approximate surface area is 79.9 Å². The molecule has 0 fully saturated rings. The number of aliphatic imine (C=N–C) groups is 1. The van der Waals surface area contributed by atoms with E-state index in [-0.39, 0.29) is 0 Å². The van der Waals surface area contributed by atoms with E-state index in [1.54, 1.807) is 6.21 Å². The molecule has 2 aromatic rings. The van der Waals surface area contributed by atoms with E-state index in [4.69, 9.17) is 0 Å². The Kier molecular flexibility index (Phi) is 2.43. The molecule has 0 N–H and O–H groups in total. The van der Waals surface area contributed by atoms with Gasteiger partial charge in [0, 0.05) is 5.38 Å². The predicted molar refractivity (Wildman–Crippen MR) is 53.6 cm³/mol. The summed E-state index contributed by atoms with van der Waals surface area (Å²) in [5, 5.41) is 5.70. The summed E-state index contributed by atoms with van der Waals surface area (Å²) in [5.74, 6) is 0. The summed E-state index contributed by atoms with van der Waals surface area (Å²) in [6, 6.07) is 9.74. The first-order chi connectivity index (χ1) is 6.45. The van der Waals surface area contributed by atoms with Crippen molar-refractivity contribution in [3.63, 3.8) is 0 Å². The van der Waals surface area contributed by atoms with E-state index < -0.39 is 0 Å². The van der Waals surface area contributed by atoms with E-state index in [0.717, 1.165) is 11.4 Å². The van der Waals surface area contributed by atoms with E-state index in [9.17, 15) is 0 Å². The summed E-state index contributed by atoms with van der Waals surface area (Å²) in [5.41, 5.74) is 1.73. The molecular formula is C9H7N3S. The first-order valence-electron chi connectivity index (χ1n) is 3.81. The van der Waals surface area contributed by atoms with Crippen molar-refractivity contribution in [2.45, 2.75) is 0 Å². The standard InChI is InChI=1S/C9H7N3S/c1-2-4-8(5-3-1)10-6-9-7-13-12-11-9/h1-7H. The van der Waals surface area contributed by atoms with Gasteiger partial charge in [-0.15, -0.1) is 5.10 Å².